The molecule has 2 aromatic carbocycles. The number of aromatic amines is 1. The molecule has 4 aromatic rings. The van der Waals surface area contributed by atoms with Crippen molar-refractivity contribution in [3.8, 4) is 17.0 Å². The number of aromatic hydroxyl groups is 1. The Labute approximate surface area is 218 Å². The molecule has 2 heterocycles. The molecule has 0 fully saturated rings. The highest BCUT2D eigenvalue weighted by molar-refractivity contribution is 7.92. The Morgan fingerprint density at radius 2 is 1.89 bits per heavy atom. The van der Waals surface area contributed by atoms with Crippen LogP contribution in [0.25, 0.3) is 22.2 Å². The van der Waals surface area contributed by atoms with Gasteiger partial charge in [-0.15, -0.1) is 0 Å². The third-order valence-electron chi connectivity index (χ3n) is 6.32. The number of aromatic nitrogens is 3. The molecule has 3 N–H and O–H groups in total. The number of sulfonamides is 1. The molecule has 0 bridgehead atoms. The van der Waals surface area contributed by atoms with Crippen molar-refractivity contribution >= 4 is 38.2 Å². The molecule has 0 spiro atoms. The highest BCUT2D eigenvalue weighted by atomic mass is 32.2. The second-order valence-electron chi connectivity index (χ2n) is 8.76. The maximum absolute atomic E-state index is 14.9. The lowest BCUT2D eigenvalue weighted by atomic mass is 10.00. The Morgan fingerprint density at radius 3 is 2.55 bits per heavy atom. The van der Waals surface area contributed by atoms with Gasteiger partial charge in [-0.25, -0.2) is 22.2 Å². The number of phenols is 1. The molecule has 0 aliphatic rings. The monoisotopic (exact) mass is 543 g/mol. The fraction of sp³-hybridized carbons (Fsp3) is 0.269. The van der Waals surface area contributed by atoms with Crippen molar-refractivity contribution in [2.24, 2.45) is 0 Å². The van der Waals surface area contributed by atoms with E-state index in [9.17, 15) is 27.1 Å². The molecule has 2 aromatic heterocycles. The molecule has 0 saturated carbocycles. The van der Waals surface area contributed by atoms with Crippen LogP contribution >= 0.6 is 0 Å². The minimum absolute atomic E-state index is 0.0672. The third-order valence-corrected chi connectivity index (χ3v) is 7.51. The van der Waals surface area contributed by atoms with Crippen LogP contribution in [0, 0.1) is 11.6 Å². The van der Waals surface area contributed by atoms with Gasteiger partial charge in [0.1, 0.15) is 17.3 Å². The fourth-order valence-electron chi connectivity index (χ4n) is 4.18. The molecule has 12 heteroatoms. The van der Waals surface area contributed by atoms with Crippen LogP contribution in [0.5, 0.6) is 5.75 Å². The third kappa shape index (κ3) is 5.03. The number of nitrogens with zero attached hydrogens (tertiary/aromatic N) is 3. The summed E-state index contributed by atoms with van der Waals surface area (Å²) in [6, 6.07) is 8.24. The Morgan fingerprint density at radius 1 is 1.16 bits per heavy atom. The molecular formula is C26H27F2N5O4S. The minimum Gasteiger partial charge on any atom is -0.505 e. The average Bonchev–Trinajstić information content (AvgIpc) is 3.31. The van der Waals surface area contributed by atoms with Crippen LogP contribution in [0.15, 0.2) is 36.4 Å². The van der Waals surface area contributed by atoms with Gasteiger partial charge in [0.2, 0.25) is 10.0 Å². The number of phenolic OH excluding ortho intramolecular Hbond substituents is 1. The number of hydrogen-bond acceptors (Lipinski definition) is 7. The van der Waals surface area contributed by atoms with Crippen molar-refractivity contribution in [2.45, 2.75) is 33.2 Å². The van der Waals surface area contributed by atoms with E-state index in [1.165, 1.54) is 37.4 Å². The van der Waals surface area contributed by atoms with Crippen molar-refractivity contribution in [1.29, 1.82) is 0 Å². The van der Waals surface area contributed by atoms with Crippen molar-refractivity contribution in [3.63, 3.8) is 0 Å². The zero-order valence-electron chi connectivity index (χ0n) is 21.3. The van der Waals surface area contributed by atoms with E-state index in [-0.39, 0.29) is 41.5 Å². The average molecular weight is 544 g/mol. The number of rotatable bonds is 9. The van der Waals surface area contributed by atoms with Gasteiger partial charge >= 0.3 is 0 Å². The summed E-state index contributed by atoms with van der Waals surface area (Å²) in [5.41, 5.74) is 2.17. The lowest BCUT2D eigenvalue weighted by Crippen LogP contribution is -2.26. The van der Waals surface area contributed by atoms with Gasteiger partial charge in [-0.3, -0.25) is 14.2 Å². The van der Waals surface area contributed by atoms with Crippen LogP contribution in [0.4, 0.5) is 20.3 Å². The van der Waals surface area contributed by atoms with Crippen molar-refractivity contribution in [2.75, 3.05) is 22.9 Å². The van der Waals surface area contributed by atoms with Gasteiger partial charge in [0.15, 0.2) is 17.3 Å². The lowest BCUT2D eigenvalue weighted by Gasteiger charge is -2.21. The second-order valence-corrected chi connectivity index (χ2v) is 10.8. The number of H-pyrrole nitrogens is 1. The number of fused-ring (bicyclic) bond motifs is 1. The number of anilines is 2. The molecule has 0 radical (unpaired) electrons. The molecule has 38 heavy (non-hydrogen) atoms. The van der Waals surface area contributed by atoms with Crippen LogP contribution in [-0.2, 0) is 23.0 Å². The molecule has 0 aliphatic heterocycles. The van der Waals surface area contributed by atoms with Gasteiger partial charge in [-0.05, 0) is 42.3 Å². The zero-order chi connectivity index (χ0) is 27.8. The van der Waals surface area contributed by atoms with Gasteiger partial charge in [0, 0.05) is 31.1 Å². The number of ketones is 1. The predicted molar refractivity (Wildman–Crippen MR) is 142 cm³/mol. The van der Waals surface area contributed by atoms with E-state index in [4.69, 9.17) is 0 Å². The predicted octanol–water partition coefficient (Wildman–Crippen LogP) is 4.77. The number of carbonyl (C=O) groups is 1. The molecule has 0 amide bonds. The summed E-state index contributed by atoms with van der Waals surface area (Å²) < 4.78 is 54.5. The standard InChI is InChI=1S/C26H27F2N5O4S/c1-5-14-10-23(35)18(28)11-15(14)19-12-20-24(25(32-31-20)22(34)6-2)26(30-19)29-13-16-17(27)8-7-9-21(16)33(3)38(4,36)37/h7-12,35H,5-6,13H2,1-4H3,(H,29,30)(H,31,32). The van der Waals surface area contributed by atoms with E-state index in [1.807, 2.05) is 6.92 Å². The van der Waals surface area contributed by atoms with Crippen molar-refractivity contribution in [3.05, 3.63) is 64.9 Å². The van der Waals surface area contributed by atoms with Crippen LogP contribution in [0.1, 0.15) is 41.9 Å². The summed E-state index contributed by atoms with van der Waals surface area (Å²) in [6.45, 7) is 3.36. The number of halogens is 2. The second kappa shape index (κ2) is 10.4. The van der Waals surface area contributed by atoms with E-state index in [0.29, 0.717) is 34.1 Å². The summed E-state index contributed by atoms with van der Waals surface area (Å²) >= 11 is 0. The van der Waals surface area contributed by atoms with E-state index >= 15 is 0 Å². The Hall–Kier alpha value is -4.06. The summed E-state index contributed by atoms with van der Waals surface area (Å²) in [7, 11) is -2.35. The maximum atomic E-state index is 14.9. The SMILES string of the molecule is CCC(=O)c1n[nH]c2cc(-c3cc(F)c(O)cc3CC)nc(NCc3c(F)cccc3N(C)S(C)(=O)=O)c12. The van der Waals surface area contributed by atoms with Gasteiger partial charge < -0.3 is 10.4 Å². The summed E-state index contributed by atoms with van der Waals surface area (Å²) in [5, 5.41) is 20.2. The molecular weight excluding hydrogens is 516 g/mol. The zero-order valence-corrected chi connectivity index (χ0v) is 22.1. The highest BCUT2D eigenvalue weighted by Gasteiger charge is 2.22. The van der Waals surface area contributed by atoms with Crippen LogP contribution in [0.2, 0.25) is 0 Å². The maximum Gasteiger partial charge on any atom is 0.232 e. The first-order valence-corrected chi connectivity index (χ1v) is 13.7. The van der Waals surface area contributed by atoms with E-state index < -0.39 is 27.4 Å². The van der Waals surface area contributed by atoms with Crippen molar-refractivity contribution in [1.82, 2.24) is 15.2 Å². The van der Waals surface area contributed by atoms with Crippen LogP contribution in [-0.4, -0.2) is 47.8 Å². The summed E-state index contributed by atoms with van der Waals surface area (Å²) in [6.07, 6.45) is 1.67. The van der Waals surface area contributed by atoms with Crippen LogP contribution in [0.3, 0.4) is 0 Å². The highest BCUT2D eigenvalue weighted by Crippen LogP contribution is 2.34. The van der Waals surface area contributed by atoms with Crippen molar-refractivity contribution < 1.29 is 27.1 Å². The summed E-state index contributed by atoms with van der Waals surface area (Å²) in [5.74, 6) is -2.01. The molecule has 9 nitrogen and oxygen atoms in total. The van der Waals surface area contributed by atoms with Gasteiger partial charge in [-0.2, -0.15) is 5.10 Å². The van der Waals surface area contributed by atoms with Gasteiger partial charge in [0.25, 0.3) is 0 Å². The topological polar surface area (TPSA) is 128 Å². The first kappa shape index (κ1) is 27.0. The number of carbonyl (C=O) groups excluding carboxylic acids is 1. The summed E-state index contributed by atoms with van der Waals surface area (Å²) in [4.78, 5) is 17.3. The molecule has 4 rings (SSSR count). The number of nitrogens with one attached hydrogen (secondary N) is 2. The minimum atomic E-state index is -3.68. The Bertz CT molecular complexity index is 1650. The molecule has 0 saturated heterocycles. The molecule has 0 atom stereocenters. The van der Waals surface area contributed by atoms with E-state index in [1.54, 1.807) is 13.0 Å². The normalized spacial score (nSPS) is 11.6. The quantitative estimate of drug-likeness (QED) is 0.259. The first-order valence-electron chi connectivity index (χ1n) is 11.8. The molecule has 0 unspecified atom stereocenters. The lowest BCUT2D eigenvalue weighted by molar-refractivity contribution is 0.0985. The number of pyridine rings is 1. The Kier molecular flexibility index (Phi) is 7.36. The largest absolute Gasteiger partial charge is 0.505 e. The van der Waals surface area contributed by atoms with Gasteiger partial charge in [0.05, 0.1) is 28.5 Å². The van der Waals surface area contributed by atoms with Crippen LogP contribution < -0.4 is 9.62 Å². The number of Topliss-reactive ketones (excluding diaryl/α,β-unsaturated/α-hetero) is 1. The van der Waals surface area contributed by atoms with E-state index in [0.717, 1.165) is 10.6 Å². The fourth-order valence-corrected chi connectivity index (χ4v) is 4.71. The molecule has 0 aliphatic carbocycles. The smallest absolute Gasteiger partial charge is 0.232 e. The number of hydrogen-bond donors (Lipinski definition) is 3. The number of benzene rings is 2. The molecule has 200 valence electrons. The van der Waals surface area contributed by atoms with E-state index in [2.05, 4.69) is 20.5 Å². The number of aryl methyl sites for hydroxylation is 1. The Balaban J connectivity index is 1.88. The first-order chi connectivity index (χ1) is 18.0. The van der Waals surface area contributed by atoms with Gasteiger partial charge in [-0.1, -0.05) is 19.9 Å².